The van der Waals surface area contributed by atoms with Gasteiger partial charge in [0.1, 0.15) is 5.82 Å². The fraction of sp³-hybridized carbons (Fsp3) is 0.625. The summed E-state index contributed by atoms with van der Waals surface area (Å²) in [4.78, 5) is 2.37. The molecule has 0 saturated carbocycles. The van der Waals surface area contributed by atoms with E-state index in [2.05, 4.69) is 24.2 Å². The Kier molecular flexibility index (Phi) is 5.34. The van der Waals surface area contributed by atoms with Gasteiger partial charge in [0.05, 0.1) is 0 Å². The van der Waals surface area contributed by atoms with E-state index in [1.54, 1.807) is 12.1 Å². The molecule has 2 unspecified atom stereocenters. The van der Waals surface area contributed by atoms with Crippen molar-refractivity contribution in [2.24, 2.45) is 5.92 Å². The molecule has 1 aromatic rings. The Morgan fingerprint density at radius 2 is 2.21 bits per heavy atom. The summed E-state index contributed by atoms with van der Waals surface area (Å²) in [6, 6.07) is 7.48. The van der Waals surface area contributed by atoms with Gasteiger partial charge >= 0.3 is 0 Å². The molecule has 3 heteroatoms. The number of nitrogens with zero attached hydrogens (tertiary/aromatic N) is 1. The molecule has 1 saturated heterocycles. The lowest BCUT2D eigenvalue weighted by Crippen LogP contribution is -2.40. The molecule has 106 valence electrons. The van der Waals surface area contributed by atoms with Crippen LogP contribution in [0.15, 0.2) is 24.3 Å². The van der Waals surface area contributed by atoms with Crippen LogP contribution in [-0.2, 0) is 6.42 Å². The second kappa shape index (κ2) is 7.01. The first kappa shape index (κ1) is 14.5. The highest BCUT2D eigenvalue weighted by molar-refractivity contribution is 5.18. The van der Waals surface area contributed by atoms with Crippen molar-refractivity contribution >= 4 is 0 Å². The van der Waals surface area contributed by atoms with E-state index in [-0.39, 0.29) is 5.82 Å². The summed E-state index contributed by atoms with van der Waals surface area (Å²) < 4.78 is 13.6. The predicted octanol–water partition coefficient (Wildman–Crippen LogP) is 2.69. The Bertz CT molecular complexity index is 388. The Labute approximate surface area is 116 Å². The van der Waals surface area contributed by atoms with E-state index in [9.17, 15) is 4.39 Å². The van der Waals surface area contributed by atoms with Crippen LogP contribution in [-0.4, -0.2) is 37.6 Å². The number of benzene rings is 1. The molecule has 2 atom stereocenters. The van der Waals surface area contributed by atoms with Crippen LogP contribution in [0.1, 0.15) is 25.3 Å². The number of hydrogen-bond acceptors (Lipinski definition) is 2. The average Bonchev–Trinajstić information content (AvgIpc) is 2.42. The smallest absolute Gasteiger partial charge is 0.126 e. The van der Waals surface area contributed by atoms with E-state index < -0.39 is 0 Å². The molecule has 2 nitrogen and oxygen atoms in total. The summed E-state index contributed by atoms with van der Waals surface area (Å²) in [5.74, 6) is 0.656. The van der Waals surface area contributed by atoms with E-state index in [1.807, 2.05) is 12.1 Å². The topological polar surface area (TPSA) is 15.3 Å². The number of piperidine rings is 1. The molecule has 0 aliphatic carbocycles. The highest BCUT2D eigenvalue weighted by Crippen LogP contribution is 2.15. The van der Waals surface area contributed by atoms with Crippen LogP contribution < -0.4 is 5.32 Å². The number of likely N-dealkylation sites (N-methyl/N-ethyl adjacent to an activating group) is 1. The van der Waals surface area contributed by atoms with Crippen LogP contribution in [0.3, 0.4) is 0 Å². The van der Waals surface area contributed by atoms with E-state index in [4.69, 9.17) is 0 Å². The fourth-order valence-electron chi connectivity index (χ4n) is 2.81. The molecule has 0 bridgehead atoms. The maximum atomic E-state index is 13.6. The molecular formula is C16H25FN2. The lowest BCUT2D eigenvalue weighted by atomic mass is 9.98. The molecular weight excluding hydrogens is 239 g/mol. The van der Waals surface area contributed by atoms with Gasteiger partial charge in [-0.1, -0.05) is 18.2 Å². The van der Waals surface area contributed by atoms with E-state index in [1.165, 1.54) is 12.8 Å². The van der Waals surface area contributed by atoms with Crippen molar-refractivity contribution in [2.75, 3.05) is 26.7 Å². The van der Waals surface area contributed by atoms with Crippen LogP contribution in [0, 0.1) is 11.7 Å². The Morgan fingerprint density at radius 3 is 2.89 bits per heavy atom. The van der Waals surface area contributed by atoms with Gasteiger partial charge in [-0.2, -0.15) is 0 Å². The van der Waals surface area contributed by atoms with Crippen LogP contribution in [0.5, 0.6) is 0 Å². The summed E-state index contributed by atoms with van der Waals surface area (Å²) in [5, 5.41) is 3.45. The maximum Gasteiger partial charge on any atom is 0.126 e. The van der Waals surface area contributed by atoms with Gasteiger partial charge in [-0.05, 0) is 63.9 Å². The minimum Gasteiger partial charge on any atom is -0.316 e. The summed E-state index contributed by atoms with van der Waals surface area (Å²) in [6.45, 7) is 5.56. The molecule has 1 aromatic carbocycles. The van der Waals surface area contributed by atoms with Crippen molar-refractivity contribution in [1.29, 1.82) is 0 Å². The SMILES string of the molecule is CC(Cc1ccccc1F)N(C)CC1CCCNC1. The van der Waals surface area contributed by atoms with Crippen LogP contribution in [0.4, 0.5) is 4.39 Å². The molecule has 1 N–H and O–H groups in total. The number of rotatable bonds is 5. The zero-order chi connectivity index (χ0) is 13.7. The Hall–Kier alpha value is -0.930. The van der Waals surface area contributed by atoms with Gasteiger partial charge in [-0.25, -0.2) is 4.39 Å². The van der Waals surface area contributed by atoms with E-state index in [0.717, 1.165) is 37.5 Å². The van der Waals surface area contributed by atoms with Gasteiger partial charge in [0.15, 0.2) is 0 Å². The average molecular weight is 264 g/mol. The fourth-order valence-corrected chi connectivity index (χ4v) is 2.81. The molecule has 1 aliphatic heterocycles. The Morgan fingerprint density at radius 1 is 1.42 bits per heavy atom. The molecule has 0 spiro atoms. The van der Waals surface area contributed by atoms with Gasteiger partial charge in [0.2, 0.25) is 0 Å². The number of hydrogen-bond donors (Lipinski definition) is 1. The molecule has 2 rings (SSSR count). The molecule has 1 fully saturated rings. The largest absolute Gasteiger partial charge is 0.316 e. The monoisotopic (exact) mass is 264 g/mol. The lowest BCUT2D eigenvalue weighted by molar-refractivity contribution is 0.196. The van der Waals surface area contributed by atoms with Gasteiger partial charge in [-0.3, -0.25) is 0 Å². The van der Waals surface area contributed by atoms with Crippen molar-refractivity contribution < 1.29 is 4.39 Å². The van der Waals surface area contributed by atoms with E-state index in [0.29, 0.717) is 6.04 Å². The van der Waals surface area contributed by atoms with Crippen molar-refractivity contribution in [3.05, 3.63) is 35.6 Å². The first-order valence-corrected chi connectivity index (χ1v) is 7.31. The van der Waals surface area contributed by atoms with Gasteiger partial charge in [0, 0.05) is 12.6 Å². The minimum atomic E-state index is -0.0814. The normalized spacial score (nSPS) is 21.6. The first-order valence-electron chi connectivity index (χ1n) is 7.31. The quantitative estimate of drug-likeness (QED) is 0.879. The standard InChI is InChI=1S/C16H25FN2/c1-13(10-15-7-3-4-8-16(15)17)19(2)12-14-6-5-9-18-11-14/h3-4,7-8,13-14,18H,5-6,9-12H2,1-2H3. The van der Waals surface area contributed by atoms with Crippen molar-refractivity contribution in [3.63, 3.8) is 0 Å². The third kappa shape index (κ3) is 4.29. The minimum absolute atomic E-state index is 0.0814. The summed E-state index contributed by atoms with van der Waals surface area (Å²) in [7, 11) is 2.15. The van der Waals surface area contributed by atoms with Crippen molar-refractivity contribution in [2.45, 2.75) is 32.2 Å². The molecule has 0 aromatic heterocycles. The molecule has 0 radical (unpaired) electrons. The van der Waals surface area contributed by atoms with Crippen molar-refractivity contribution in [1.82, 2.24) is 10.2 Å². The van der Waals surface area contributed by atoms with E-state index >= 15 is 0 Å². The zero-order valence-corrected chi connectivity index (χ0v) is 12.0. The summed E-state index contributed by atoms with van der Waals surface area (Å²) in [5.41, 5.74) is 0.823. The summed E-state index contributed by atoms with van der Waals surface area (Å²) >= 11 is 0. The van der Waals surface area contributed by atoms with Gasteiger partial charge in [-0.15, -0.1) is 0 Å². The summed E-state index contributed by atoms with van der Waals surface area (Å²) in [6.07, 6.45) is 3.37. The highest BCUT2D eigenvalue weighted by atomic mass is 19.1. The van der Waals surface area contributed by atoms with Crippen molar-refractivity contribution in [3.8, 4) is 0 Å². The third-order valence-corrected chi connectivity index (χ3v) is 4.17. The van der Waals surface area contributed by atoms with Crippen LogP contribution >= 0.6 is 0 Å². The molecule has 0 amide bonds. The highest BCUT2D eigenvalue weighted by Gasteiger charge is 2.18. The number of halogens is 1. The van der Waals surface area contributed by atoms with Gasteiger partial charge in [0.25, 0.3) is 0 Å². The number of nitrogens with one attached hydrogen (secondary N) is 1. The Balaban J connectivity index is 1.85. The molecule has 19 heavy (non-hydrogen) atoms. The molecule has 1 heterocycles. The van der Waals surface area contributed by atoms with Crippen LogP contribution in [0.25, 0.3) is 0 Å². The first-order chi connectivity index (χ1) is 9.16. The molecule has 1 aliphatic rings. The zero-order valence-electron chi connectivity index (χ0n) is 12.0. The predicted molar refractivity (Wildman–Crippen MR) is 77.8 cm³/mol. The lowest BCUT2D eigenvalue weighted by Gasteiger charge is -2.31. The van der Waals surface area contributed by atoms with Crippen LogP contribution in [0.2, 0.25) is 0 Å². The van der Waals surface area contributed by atoms with Gasteiger partial charge < -0.3 is 10.2 Å². The maximum absolute atomic E-state index is 13.6. The second-order valence-electron chi connectivity index (χ2n) is 5.80. The third-order valence-electron chi connectivity index (χ3n) is 4.17. The second-order valence-corrected chi connectivity index (χ2v) is 5.80.